The first kappa shape index (κ1) is 34.8. The van der Waals surface area contributed by atoms with Crippen LogP contribution in [0.15, 0.2) is 48.6 Å². The maximum atomic E-state index is 14.9. The third-order valence-corrected chi connectivity index (χ3v) is 14.7. The molecule has 3 heterocycles. The number of carbonyl (C=O) groups is 2. The van der Waals surface area contributed by atoms with Crippen LogP contribution in [0.4, 0.5) is 0 Å². The molecule has 2 unspecified atom stereocenters. The van der Waals surface area contributed by atoms with Crippen molar-refractivity contribution in [2.24, 2.45) is 28.6 Å². The van der Waals surface area contributed by atoms with Crippen molar-refractivity contribution in [2.75, 3.05) is 6.61 Å². The van der Waals surface area contributed by atoms with Crippen molar-refractivity contribution in [2.45, 2.75) is 129 Å². The number of carbonyl (C=O) groups excluding carboxylic acids is 2. The first-order chi connectivity index (χ1) is 23.8. The lowest BCUT2D eigenvalue weighted by atomic mass is 9.40. The summed E-state index contributed by atoms with van der Waals surface area (Å²) < 4.78 is 14.0. The summed E-state index contributed by atoms with van der Waals surface area (Å²) in [6.07, 6.45) is 12.5. The second kappa shape index (κ2) is 10.9. The zero-order valence-electron chi connectivity index (χ0n) is 31.9. The lowest BCUT2D eigenvalue weighted by Crippen LogP contribution is -2.62. The van der Waals surface area contributed by atoms with Crippen LogP contribution in [0.1, 0.15) is 133 Å². The van der Waals surface area contributed by atoms with Gasteiger partial charge in [0.15, 0.2) is 5.78 Å². The molecule has 2 N–H and O–H groups in total. The Labute approximate surface area is 302 Å². The van der Waals surface area contributed by atoms with Gasteiger partial charge in [-0.3, -0.25) is 4.79 Å². The van der Waals surface area contributed by atoms with E-state index in [-0.39, 0.29) is 34.4 Å². The van der Waals surface area contributed by atoms with Gasteiger partial charge in [-0.15, -0.1) is 0 Å². The number of ether oxygens (including phenoxy) is 2. The topological polar surface area (TPSA) is 98.0 Å². The monoisotopic (exact) mass is 693 g/mol. The Bertz CT molecular complexity index is 2010. The van der Waals surface area contributed by atoms with Gasteiger partial charge in [-0.1, -0.05) is 51.2 Å². The average molecular weight is 694 g/mol. The quantitative estimate of drug-likeness (QED) is 0.142. The summed E-state index contributed by atoms with van der Waals surface area (Å²) in [6, 6.07) is 1.77. The number of hydrogen-bond donors (Lipinski definition) is 2. The number of esters is 1. The minimum atomic E-state index is -0.854. The standard InChI is InChI=1S/C44H55NO6/c1-11-50-31(47)14-12-13-18-42(8)29-16-15-24-20-27-26-21-25-28-22-40(4,5)51-41(6,7)34(28)37(48)32(25)33-36(26)45(35(23(2)3)38(33)49)39(27)44(24,10)43(29,9)19-17-30(42)46/h12-14,18,21-22,24,29-30,34-35,37,46,48H,2,11,15-17,19-20H2,1,3-10H3/b14-12+,18-13+/t24?,29-,30-,34?,35-,37+,42-,43-,44+/m0/s1. The first-order valence-electron chi connectivity index (χ1n) is 19.1. The van der Waals surface area contributed by atoms with E-state index in [1.807, 2.05) is 13.0 Å². The molecule has 7 nitrogen and oxygen atoms in total. The lowest BCUT2D eigenvalue weighted by molar-refractivity contribution is -0.144. The zero-order valence-corrected chi connectivity index (χ0v) is 31.9. The van der Waals surface area contributed by atoms with Crippen molar-refractivity contribution in [1.82, 2.24) is 4.57 Å². The van der Waals surface area contributed by atoms with E-state index in [0.717, 1.165) is 58.9 Å². The van der Waals surface area contributed by atoms with Gasteiger partial charge in [0.2, 0.25) is 0 Å². The van der Waals surface area contributed by atoms with Crippen LogP contribution in [0.5, 0.6) is 0 Å². The fraction of sp³-hybridized carbons (Fsp3) is 0.591. The van der Waals surface area contributed by atoms with Crippen molar-refractivity contribution in [3.05, 3.63) is 76.5 Å². The van der Waals surface area contributed by atoms with Gasteiger partial charge in [-0.2, -0.15) is 0 Å². The van der Waals surface area contributed by atoms with Crippen LogP contribution in [0.25, 0.3) is 16.5 Å². The number of aliphatic hydroxyl groups is 2. The van der Waals surface area contributed by atoms with Gasteiger partial charge < -0.3 is 24.3 Å². The molecule has 0 spiro atoms. The van der Waals surface area contributed by atoms with Gasteiger partial charge >= 0.3 is 5.97 Å². The molecule has 2 fully saturated rings. The number of rotatable bonds is 5. The molecule has 6 aliphatic rings. The molecule has 0 radical (unpaired) electrons. The van der Waals surface area contributed by atoms with Crippen molar-refractivity contribution in [1.29, 1.82) is 0 Å². The van der Waals surface area contributed by atoms with Crippen LogP contribution in [-0.4, -0.2) is 50.4 Å². The Kier molecular flexibility index (Phi) is 7.44. The molecule has 4 aliphatic carbocycles. The van der Waals surface area contributed by atoms with Gasteiger partial charge in [0.25, 0.3) is 0 Å². The van der Waals surface area contributed by atoms with E-state index in [9.17, 15) is 19.8 Å². The van der Waals surface area contributed by atoms with Crippen molar-refractivity contribution in [3.63, 3.8) is 0 Å². The molecule has 7 heteroatoms. The highest BCUT2D eigenvalue weighted by Crippen LogP contribution is 2.71. The summed E-state index contributed by atoms with van der Waals surface area (Å²) in [5.41, 5.74) is 5.75. The van der Waals surface area contributed by atoms with Crippen LogP contribution in [0, 0.1) is 28.6 Å². The molecule has 9 atom stereocenters. The maximum Gasteiger partial charge on any atom is 0.330 e. The highest BCUT2D eigenvalue weighted by Gasteiger charge is 2.67. The molecule has 8 rings (SSSR count). The minimum Gasteiger partial charge on any atom is -0.463 e. The Morgan fingerprint density at radius 2 is 1.82 bits per heavy atom. The highest BCUT2D eigenvalue weighted by molar-refractivity contribution is 6.18. The fourth-order valence-electron chi connectivity index (χ4n) is 12.7. The van der Waals surface area contributed by atoms with E-state index in [4.69, 9.17) is 9.47 Å². The largest absolute Gasteiger partial charge is 0.463 e. The molecule has 0 saturated heterocycles. The Morgan fingerprint density at radius 1 is 1.10 bits per heavy atom. The summed E-state index contributed by atoms with van der Waals surface area (Å²) in [4.78, 5) is 26.9. The number of Topliss-reactive ketones (excluding diaryl/α,β-unsaturated/α-hetero) is 1. The van der Waals surface area contributed by atoms with E-state index >= 15 is 0 Å². The van der Waals surface area contributed by atoms with Crippen LogP contribution in [-0.2, 0) is 26.1 Å². The number of ketones is 1. The van der Waals surface area contributed by atoms with Gasteiger partial charge in [0.1, 0.15) is 6.04 Å². The number of aliphatic hydroxyl groups excluding tert-OH is 2. The highest BCUT2D eigenvalue weighted by atomic mass is 16.5. The zero-order chi connectivity index (χ0) is 36.8. The predicted octanol–water partition coefficient (Wildman–Crippen LogP) is 8.27. The summed E-state index contributed by atoms with van der Waals surface area (Å²) in [5.74, 6) is -0.0539. The molecule has 1 aromatic carbocycles. The molecule has 0 bridgehead atoms. The molecule has 1 aromatic heterocycles. The molecule has 2 saturated carbocycles. The third kappa shape index (κ3) is 4.34. The maximum absolute atomic E-state index is 14.9. The lowest BCUT2D eigenvalue weighted by Gasteiger charge is -2.64. The number of fused-ring (bicyclic) bond motifs is 11. The van der Waals surface area contributed by atoms with Crippen molar-refractivity contribution >= 4 is 28.2 Å². The minimum absolute atomic E-state index is 0.0308. The molecular weight excluding hydrogens is 638 g/mol. The first-order valence-corrected chi connectivity index (χ1v) is 19.1. The van der Waals surface area contributed by atoms with Gasteiger partial charge in [0.05, 0.1) is 41.1 Å². The van der Waals surface area contributed by atoms with Gasteiger partial charge in [-0.05, 0) is 120 Å². The summed E-state index contributed by atoms with van der Waals surface area (Å²) >= 11 is 0. The van der Waals surface area contributed by atoms with Crippen LogP contribution in [0.3, 0.4) is 0 Å². The van der Waals surface area contributed by atoms with Crippen LogP contribution in [0.2, 0.25) is 0 Å². The Morgan fingerprint density at radius 3 is 2.51 bits per heavy atom. The van der Waals surface area contributed by atoms with E-state index in [0.29, 0.717) is 24.5 Å². The SMILES string of the molecule is C=C(C)[C@H]1C(=O)c2c3c(cc4c5c(n1c24)[C@@]1(C)C(CC[C@H]2[C@](C)(/C=C/C=C/C(=O)OCC)[C@@H](O)CC[C@@]21C)C5)C1=CC(C)(C)OC(C)(C)C1[C@@H]3O. The summed E-state index contributed by atoms with van der Waals surface area (Å²) in [7, 11) is 0. The number of allylic oxidation sites excluding steroid dienone is 3. The predicted molar refractivity (Wildman–Crippen MR) is 199 cm³/mol. The van der Waals surface area contributed by atoms with E-state index in [2.05, 4.69) is 77.8 Å². The second-order valence-electron chi connectivity index (χ2n) is 18.3. The molecule has 51 heavy (non-hydrogen) atoms. The fourth-order valence-corrected chi connectivity index (χ4v) is 12.7. The Balaban J connectivity index is 1.33. The van der Waals surface area contributed by atoms with Gasteiger partial charge in [0, 0.05) is 39.5 Å². The number of nitrogens with zero attached hydrogens (tertiary/aromatic N) is 1. The van der Waals surface area contributed by atoms with E-state index < -0.39 is 34.9 Å². The second-order valence-corrected chi connectivity index (χ2v) is 18.3. The number of benzene rings is 1. The number of aromatic nitrogens is 1. The number of hydrogen-bond acceptors (Lipinski definition) is 6. The summed E-state index contributed by atoms with van der Waals surface area (Å²) in [5, 5.41) is 25.0. The molecular formula is C44H55NO6. The normalized spacial score (nSPS) is 38.4. The smallest absolute Gasteiger partial charge is 0.330 e. The Hall–Kier alpha value is -3.26. The summed E-state index contributed by atoms with van der Waals surface area (Å²) in [6.45, 7) is 23.8. The third-order valence-electron chi connectivity index (χ3n) is 14.7. The van der Waals surface area contributed by atoms with E-state index in [1.165, 1.54) is 17.3 Å². The molecule has 2 aliphatic heterocycles. The molecule has 0 amide bonds. The van der Waals surface area contributed by atoms with Crippen LogP contribution < -0.4 is 0 Å². The van der Waals surface area contributed by atoms with Crippen LogP contribution >= 0.6 is 0 Å². The van der Waals surface area contributed by atoms with E-state index in [1.54, 1.807) is 13.0 Å². The molecule has 2 aromatic rings. The molecule has 272 valence electrons. The van der Waals surface area contributed by atoms with Crippen molar-refractivity contribution < 1.29 is 29.3 Å². The van der Waals surface area contributed by atoms with Gasteiger partial charge in [-0.25, -0.2) is 4.79 Å². The van der Waals surface area contributed by atoms with Crippen molar-refractivity contribution in [3.8, 4) is 0 Å². The average Bonchev–Trinajstić information content (AvgIpc) is 3.70.